The van der Waals surface area contributed by atoms with Gasteiger partial charge >= 0.3 is 0 Å². The van der Waals surface area contributed by atoms with Gasteiger partial charge in [0, 0.05) is 0 Å². The highest BCUT2D eigenvalue weighted by Crippen LogP contribution is 2.28. The van der Waals surface area contributed by atoms with Crippen LogP contribution in [0.2, 0.25) is 0 Å². The van der Waals surface area contributed by atoms with Crippen molar-refractivity contribution in [3.05, 3.63) is 11.3 Å². The molecule has 0 aromatic heterocycles. The van der Waals surface area contributed by atoms with E-state index >= 15 is 0 Å². The first-order valence-electron chi connectivity index (χ1n) is 3.92. The predicted octanol–water partition coefficient (Wildman–Crippen LogP) is 1.72. The number of rotatable bonds is 2. The van der Waals surface area contributed by atoms with Crippen LogP contribution in [0.15, 0.2) is 11.3 Å². The molecule has 3 N–H and O–H groups in total. The number of aliphatic hydroxyl groups is 1. The molecular weight excluding hydrogens is 126 g/mol. The summed E-state index contributed by atoms with van der Waals surface area (Å²) in [4.78, 5) is 0. The minimum atomic E-state index is -0.115. The second-order valence-electron chi connectivity index (χ2n) is 2.86. The molecule has 2 nitrogen and oxygen atoms in total. The van der Waals surface area contributed by atoms with Crippen molar-refractivity contribution in [3.63, 3.8) is 0 Å². The molecule has 2 heteroatoms. The molecule has 0 spiro atoms. The Morgan fingerprint density at radius 3 is 2.60 bits per heavy atom. The highest BCUT2D eigenvalue weighted by molar-refractivity contribution is 5.17. The minimum absolute atomic E-state index is 0.115. The van der Waals surface area contributed by atoms with Crippen LogP contribution in [0.1, 0.15) is 32.6 Å². The van der Waals surface area contributed by atoms with E-state index in [-0.39, 0.29) is 6.04 Å². The lowest BCUT2D eigenvalue weighted by atomic mass is 9.89. The number of aliphatic hydroxyl groups excluding tert-OH is 1. The van der Waals surface area contributed by atoms with Gasteiger partial charge < -0.3 is 10.8 Å². The lowest BCUT2D eigenvalue weighted by Crippen LogP contribution is -2.24. The molecule has 0 saturated heterocycles. The summed E-state index contributed by atoms with van der Waals surface area (Å²) in [5, 5.41) is 9.39. The highest BCUT2D eigenvalue weighted by atomic mass is 16.3. The van der Waals surface area contributed by atoms with Gasteiger partial charge in [0.05, 0.1) is 6.04 Å². The summed E-state index contributed by atoms with van der Waals surface area (Å²) in [6.45, 7) is 1.99. The zero-order valence-corrected chi connectivity index (χ0v) is 6.43. The second-order valence-corrected chi connectivity index (χ2v) is 2.86. The van der Waals surface area contributed by atoms with Crippen molar-refractivity contribution in [1.29, 1.82) is 0 Å². The third kappa shape index (κ3) is 1.32. The summed E-state index contributed by atoms with van der Waals surface area (Å²) >= 11 is 0. The van der Waals surface area contributed by atoms with Gasteiger partial charge in [0.1, 0.15) is 5.76 Å². The molecule has 1 aliphatic carbocycles. The van der Waals surface area contributed by atoms with Crippen LogP contribution >= 0.6 is 0 Å². The minimum Gasteiger partial charge on any atom is -0.511 e. The predicted molar refractivity (Wildman–Crippen MR) is 41.8 cm³/mol. The molecule has 1 atom stereocenters. The van der Waals surface area contributed by atoms with Gasteiger partial charge in [-0.25, -0.2) is 0 Å². The molecule has 10 heavy (non-hydrogen) atoms. The molecule has 0 heterocycles. The van der Waals surface area contributed by atoms with Crippen molar-refractivity contribution in [2.45, 2.75) is 38.6 Å². The third-order valence-electron chi connectivity index (χ3n) is 2.11. The number of hydrogen-bond donors (Lipinski definition) is 2. The number of allylic oxidation sites excluding steroid dienone is 1. The van der Waals surface area contributed by atoms with E-state index in [0.717, 1.165) is 19.3 Å². The molecule has 1 fully saturated rings. The third-order valence-corrected chi connectivity index (χ3v) is 2.11. The van der Waals surface area contributed by atoms with Gasteiger partial charge in [-0.1, -0.05) is 6.92 Å². The Morgan fingerprint density at radius 2 is 2.30 bits per heavy atom. The Bertz CT molecular complexity index is 145. The van der Waals surface area contributed by atoms with Crippen LogP contribution in [0, 0.1) is 0 Å². The van der Waals surface area contributed by atoms with Crippen molar-refractivity contribution in [2.24, 2.45) is 5.73 Å². The normalized spacial score (nSPS) is 20.0. The van der Waals surface area contributed by atoms with E-state index in [1.54, 1.807) is 0 Å². The summed E-state index contributed by atoms with van der Waals surface area (Å²) in [6.07, 6.45) is 4.16. The summed E-state index contributed by atoms with van der Waals surface area (Å²) < 4.78 is 0. The number of hydrogen-bond acceptors (Lipinski definition) is 2. The molecule has 58 valence electrons. The first-order valence-corrected chi connectivity index (χ1v) is 3.92. The zero-order chi connectivity index (χ0) is 7.56. The Hall–Kier alpha value is -0.500. The van der Waals surface area contributed by atoms with E-state index in [4.69, 9.17) is 5.73 Å². The standard InChI is InChI=1S/C8H15NO/c1-2-7(9)8(10)6-4-3-5-6/h7,10H,2-5,9H2,1H3. The average Bonchev–Trinajstić information content (AvgIpc) is 1.82. The van der Waals surface area contributed by atoms with E-state index in [2.05, 4.69) is 0 Å². The van der Waals surface area contributed by atoms with Crippen LogP contribution in [0.4, 0.5) is 0 Å². The van der Waals surface area contributed by atoms with Crippen LogP contribution in [0.3, 0.4) is 0 Å². The average molecular weight is 141 g/mol. The van der Waals surface area contributed by atoms with Gasteiger partial charge in [-0.3, -0.25) is 0 Å². The fraction of sp³-hybridized carbons (Fsp3) is 0.750. The van der Waals surface area contributed by atoms with E-state index in [1.807, 2.05) is 6.92 Å². The monoisotopic (exact) mass is 141 g/mol. The molecule has 0 amide bonds. The van der Waals surface area contributed by atoms with Gasteiger partial charge in [-0.15, -0.1) is 0 Å². The number of nitrogens with two attached hydrogens (primary N) is 1. The Balaban J connectivity index is 2.52. The van der Waals surface area contributed by atoms with Crippen LogP contribution in [0.5, 0.6) is 0 Å². The molecule has 0 aromatic carbocycles. The molecule has 0 bridgehead atoms. The SMILES string of the molecule is CCC(N)C(O)=C1CCC1. The van der Waals surface area contributed by atoms with Crippen molar-refractivity contribution >= 4 is 0 Å². The van der Waals surface area contributed by atoms with Crippen LogP contribution < -0.4 is 5.73 Å². The van der Waals surface area contributed by atoms with Gasteiger partial charge in [0.15, 0.2) is 0 Å². The fourth-order valence-electron chi connectivity index (χ4n) is 1.07. The van der Waals surface area contributed by atoms with E-state index in [0.29, 0.717) is 5.76 Å². The smallest absolute Gasteiger partial charge is 0.108 e. The van der Waals surface area contributed by atoms with Gasteiger partial charge in [-0.2, -0.15) is 0 Å². The molecule has 1 rings (SSSR count). The Kier molecular flexibility index (Phi) is 2.33. The lowest BCUT2D eigenvalue weighted by molar-refractivity contribution is 0.341. The van der Waals surface area contributed by atoms with Crippen LogP contribution in [-0.4, -0.2) is 11.1 Å². The van der Waals surface area contributed by atoms with Crippen molar-refractivity contribution in [2.75, 3.05) is 0 Å². The van der Waals surface area contributed by atoms with Gasteiger partial charge in [0.2, 0.25) is 0 Å². The first-order chi connectivity index (χ1) is 4.75. The zero-order valence-electron chi connectivity index (χ0n) is 6.43. The van der Waals surface area contributed by atoms with Crippen LogP contribution in [0.25, 0.3) is 0 Å². The first kappa shape index (κ1) is 7.61. The summed E-state index contributed by atoms with van der Waals surface area (Å²) in [7, 11) is 0. The van der Waals surface area contributed by atoms with Crippen molar-refractivity contribution in [1.82, 2.24) is 0 Å². The second kappa shape index (κ2) is 3.06. The molecule has 0 aromatic rings. The molecular formula is C8H15NO. The molecule has 1 aliphatic rings. The fourth-order valence-corrected chi connectivity index (χ4v) is 1.07. The highest BCUT2D eigenvalue weighted by Gasteiger charge is 2.17. The summed E-state index contributed by atoms with van der Waals surface area (Å²) in [5.74, 6) is 0.453. The Labute approximate surface area is 61.7 Å². The quantitative estimate of drug-likeness (QED) is 0.575. The summed E-state index contributed by atoms with van der Waals surface area (Å²) in [6, 6.07) is -0.115. The maximum Gasteiger partial charge on any atom is 0.108 e. The maximum atomic E-state index is 9.39. The van der Waals surface area contributed by atoms with Gasteiger partial charge in [0.25, 0.3) is 0 Å². The maximum absolute atomic E-state index is 9.39. The van der Waals surface area contributed by atoms with E-state index in [9.17, 15) is 5.11 Å². The largest absolute Gasteiger partial charge is 0.511 e. The molecule has 0 radical (unpaired) electrons. The molecule has 0 aliphatic heterocycles. The van der Waals surface area contributed by atoms with Crippen LogP contribution in [-0.2, 0) is 0 Å². The Morgan fingerprint density at radius 1 is 1.70 bits per heavy atom. The molecule has 1 unspecified atom stereocenters. The topological polar surface area (TPSA) is 46.2 Å². The van der Waals surface area contributed by atoms with E-state index in [1.165, 1.54) is 12.0 Å². The van der Waals surface area contributed by atoms with Crippen molar-refractivity contribution in [3.8, 4) is 0 Å². The van der Waals surface area contributed by atoms with Crippen molar-refractivity contribution < 1.29 is 5.11 Å². The van der Waals surface area contributed by atoms with Gasteiger partial charge in [-0.05, 0) is 31.3 Å². The molecule has 1 saturated carbocycles. The summed E-state index contributed by atoms with van der Waals surface area (Å²) in [5.41, 5.74) is 6.79. The van der Waals surface area contributed by atoms with E-state index < -0.39 is 0 Å². The lowest BCUT2D eigenvalue weighted by Gasteiger charge is -2.21.